The lowest BCUT2D eigenvalue weighted by molar-refractivity contribution is 0.418. The first kappa shape index (κ1) is 22.2. The Morgan fingerprint density at radius 3 is 2.68 bits per heavy atom. The minimum absolute atomic E-state index is 0.433. The zero-order valence-corrected chi connectivity index (χ0v) is 20.3. The molecule has 0 amide bonds. The van der Waals surface area contributed by atoms with Crippen molar-refractivity contribution in [1.82, 2.24) is 14.4 Å². The lowest BCUT2D eigenvalue weighted by Gasteiger charge is -2.17. The number of aryl methyl sites for hydroxylation is 1. The number of benzene rings is 2. The highest BCUT2D eigenvalue weighted by atomic mass is 32.2. The average Bonchev–Trinajstić information content (AvgIpc) is 3.52. The van der Waals surface area contributed by atoms with Crippen LogP contribution in [-0.2, 0) is 6.42 Å². The molecule has 4 aromatic rings. The van der Waals surface area contributed by atoms with E-state index in [2.05, 4.69) is 33.1 Å². The first-order valence-electron chi connectivity index (χ1n) is 10.7. The molecule has 1 aliphatic carbocycles. The van der Waals surface area contributed by atoms with Gasteiger partial charge in [-0.2, -0.15) is 5.10 Å². The third-order valence-corrected chi connectivity index (χ3v) is 6.98. The second-order valence-corrected chi connectivity index (χ2v) is 9.30. The van der Waals surface area contributed by atoms with Gasteiger partial charge in [0, 0.05) is 40.1 Å². The summed E-state index contributed by atoms with van der Waals surface area (Å²) in [4.78, 5) is 30.6. The summed E-state index contributed by atoms with van der Waals surface area (Å²) in [5.74, 6) is 0.724. The van der Waals surface area contributed by atoms with Crippen LogP contribution in [0.3, 0.4) is 0 Å². The molecule has 2 heterocycles. The van der Waals surface area contributed by atoms with E-state index in [4.69, 9.17) is 4.74 Å². The topological polar surface area (TPSA) is 88.5 Å². The van der Waals surface area contributed by atoms with Crippen molar-refractivity contribution in [2.24, 2.45) is 5.10 Å². The molecule has 2 aromatic carbocycles. The number of methoxy groups -OCH3 is 1. The highest BCUT2D eigenvalue weighted by Gasteiger charge is 2.22. The van der Waals surface area contributed by atoms with E-state index in [9.17, 15) is 9.59 Å². The molecule has 0 bridgehead atoms. The van der Waals surface area contributed by atoms with Crippen LogP contribution >= 0.6 is 23.3 Å². The summed E-state index contributed by atoms with van der Waals surface area (Å²) in [6.45, 7) is 0. The van der Waals surface area contributed by atoms with E-state index in [0.717, 1.165) is 51.4 Å². The van der Waals surface area contributed by atoms with Crippen molar-refractivity contribution >= 4 is 29.0 Å². The third-order valence-electron chi connectivity index (χ3n) is 5.80. The lowest BCUT2D eigenvalue weighted by atomic mass is 9.96. The Hall–Kier alpha value is -3.56. The zero-order chi connectivity index (χ0) is 23.7. The van der Waals surface area contributed by atoms with Crippen LogP contribution in [0.25, 0.3) is 27.3 Å². The number of fused-ring (bicyclic) bond motifs is 1. The van der Waals surface area contributed by atoms with Crippen LogP contribution in [0.4, 0.5) is 0 Å². The number of thiophene rings is 1. The van der Waals surface area contributed by atoms with Crippen molar-refractivity contribution in [3.63, 3.8) is 0 Å². The Morgan fingerprint density at radius 1 is 1.09 bits per heavy atom. The van der Waals surface area contributed by atoms with Gasteiger partial charge in [-0.1, -0.05) is 18.2 Å². The maximum absolute atomic E-state index is 12.6. The Labute approximate surface area is 204 Å². The van der Waals surface area contributed by atoms with E-state index >= 15 is 0 Å². The molecule has 1 aliphatic rings. The van der Waals surface area contributed by atoms with E-state index in [-0.39, 0.29) is 0 Å². The van der Waals surface area contributed by atoms with Crippen molar-refractivity contribution in [2.75, 3.05) is 13.4 Å². The maximum atomic E-state index is 12.6. The number of hydrogen-bond acceptors (Lipinski definition) is 7. The SMILES string of the molecule is COc1c(-c2ccc3c(c2)/C(=N/NSC)CC3)cc(-n2ccc(=O)[nH]c2=O)cc1-c1cccs1. The van der Waals surface area contributed by atoms with Gasteiger partial charge in [0.25, 0.3) is 5.56 Å². The van der Waals surface area contributed by atoms with E-state index in [1.165, 1.54) is 34.3 Å². The molecule has 0 saturated carbocycles. The molecule has 0 spiro atoms. The Kier molecular flexibility index (Phi) is 6.12. The minimum Gasteiger partial charge on any atom is -0.495 e. The number of nitrogens with zero attached hydrogens (tertiary/aromatic N) is 2. The fourth-order valence-corrected chi connectivity index (χ4v) is 5.20. The summed E-state index contributed by atoms with van der Waals surface area (Å²) >= 11 is 3.05. The maximum Gasteiger partial charge on any atom is 0.332 e. The summed E-state index contributed by atoms with van der Waals surface area (Å²) in [5, 5.41) is 6.53. The molecule has 0 radical (unpaired) electrons. The van der Waals surface area contributed by atoms with Gasteiger partial charge in [-0.25, -0.2) is 4.79 Å². The van der Waals surface area contributed by atoms with Crippen LogP contribution in [-0.4, -0.2) is 28.6 Å². The van der Waals surface area contributed by atoms with Gasteiger partial charge in [0.05, 0.1) is 18.5 Å². The minimum atomic E-state index is -0.493. The molecule has 5 rings (SSSR count). The van der Waals surface area contributed by atoms with Crippen LogP contribution in [0, 0.1) is 0 Å². The highest BCUT2D eigenvalue weighted by molar-refractivity contribution is 7.96. The van der Waals surface area contributed by atoms with Crippen molar-refractivity contribution in [1.29, 1.82) is 0 Å². The second kappa shape index (κ2) is 9.36. The zero-order valence-electron chi connectivity index (χ0n) is 18.6. The molecular weight excluding hydrogens is 468 g/mol. The van der Waals surface area contributed by atoms with Crippen LogP contribution in [0.2, 0.25) is 0 Å². The number of rotatable bonds is 6. The number of hydrogen-bond donors (Lipinski definition) is 2. The van der Waals surface area contributed by atoms with E-state index < -0.39 is 11.2 Å². The van der Waals surface area contributed by atoms with Gasteiger partial charge in [-0.15, -0.1) is 11.3 Å². The molecule has 0 saturated heterocycles. The molecule has 9 heteroatoms. The van der Waals surface area contributed by atoms with Gasteiger partial charge in [0.2, 0.25) is 0 Å². The predicted molar refractivity (Wildman–Crippen MR) is 139 cm³/mol. The molecule has 0 unspecified atom stereocenters. The summed E-state index contributed by atoms with van der Waals surface area (Å²) in [6.07, 6.45) is 5.27. The first-order chi connectivity index (χ1) is 16.6. The molecule has 2 aromatic heterocycles. The largest absolute Gasteiger partial charge is 0.495 e. The van der Waals surface area contributed by atoms with Crippen LogP contribution in [0.5, 0.6) is 5.75 Å². The molecule has 7 nitrogen and oxygen atoms in total. The number of hydrazone groups is 1. The number of nitrogens with one attached hydrogen (secondary N) is 2. The number of aromatic amines is 1. The number of aromatic nitrogens is 2. The standard InChI is InChI=1S/C25H22N4O3S2/c1-32-24-19(16-6-5-15-7-8-21(18(15)12-16)27-28-33-2)13-17(14-20(24)22-4-3-11-34-22)29-10-9-23(30)26-25(29)31/h3-6,9-14,28H,7-8H2,1-2H3,(H,26,30,31)/b27-21+. The Balaban J connectivity index is 1.75. The van der Waals surface area contributed by atoms with Crippen molar-refractivity contribution < 1.29 is 4.74 Å². The Bertz CT molecular complexity index is 1500. The Morgan fingerprint density at radius 2 is 1.94 bits per heavy atom. The van der Waals surface area contributed by atoms with Gasteiger partial charge in [-0.05, 0) is 65.6 Å². The van der Waals surface area contributed by atoms with Crippen LogP contribution in [0.1, 0.15) is 17.5 Å². The van der Waals surface area contributed by atoms with E-state index in [1.807, 2.05) is 35.9 Å². The monoisotopic (exact) mass is 490 g/mol. The summed E-state index contributed by atoms with van der Waals surface area (Å²) < 4.78 is 7.36. The second-order valence-electron chi connectivity index (χ2n) is 7.76. The summed E-state index contributed by atoms with van der Waals surface area (Å²) in [5.41, 5.74) is 5.81. The van der Waals surface area contributed by atoms with Crippen LogP contribution in [0.15, 0.2) is 74.8 Å². The fourth-order valence-electron chi connectivity index (χ4n) is 4.26. The molecular formula is C25H22N4O3S2. The van der Waals surface area contributed by atoms with Gasteiger partial charge in [0.1, 0.15) is 5.75 Å². The molecule has 0 atom stereocenters. The van der Waals surface area contributed by atoms with Gasteiger partial charge in [-0.3, -0.25) is 19.2 Å². The highest BCUT2D eigenvalue weighted by Crippen LogP contribution is 2.43. The predicted octanol–water partition coefficient (Wildman–Crippen LogP) is 4.45. The molecule has 172 valence electrons. The third kappa shape index (κ3) is 4.08. The smallest absolute Gasteiger partial charge is 0.332 e. The van der Waals surface area contributed by atoms with Crippen molar-refractivity contribution in [2.45, 2.75) is 12.8 Å². The molecule has 0 aliphatic heterocycles. The lowest BCUT2D eigenvalue weighted by Crippen LogP contribution is -2.27. The fraction of sp³-hybridized carbons (Fsp3) is 0.160. The van der Waals surface area contributed by atoms with Gasteiger partial charge >= 0.3 is 5.69 Å². The molecule has 2 N–H and O–H groups in total. The first-order valence-corrected chi connectivity index (χ1v) is 12.8. The molecule has 0 fully saturated rings. The normalized spacial score (nSPS) is 13.8. The number of H-pyrrole nitrogens is 1. The van der Waals surface area contributed by atoms with Crippen LogP contribution < -0.4 is 20.8 Å². The quantitative estimate of drug-likeness (QED) is 0.308. The summed E-state index contributed by atoms with van der Waals surface area (Å²) in [7, 11) is 1.66. The van der Waals surface area contributed by atoms with Crippen molar-refractivity contribution in [3.8, 4) is 33.0 Å². The average molecular weight is 491 g/mol. The number of ether oxygens (including phenoxy) is 1. The molecule has 34 heavy (non-hydrogen) atoms. The van der Waals surface area contributed by atoms with E-state index in [0.29, 0.717) is 5.69 Å². The van der Waals surface area contributed by atoms with Gasteiger partial charge in [0.15, 0.2) is 0 Å². The summed E-state index contributed by atoms with van der Waals surface area (Å²) in [6, 6.07) is 15.5. The van der Waals surface area contributed by atoms with Crippen molar-refractivity contribution in [3.05, 3.63) is 92.1 Å². The van der Waals surface area contributed by atoms with Gasteiger partial charge < -0.3 is 4.74 Å². The van der Waals surface area contributed by atoms with E-state index in [1.54, 1.807) is 18.4 Å².